The summed E-state index contributed by atoms with van der Waals surface area (Å²) < 4.78 is 15.0. The predicted molar refractivity (Wildman–Crippen MR) is 104 cm³/mol. The largest absolute Gasteiger partial charge is 0.338 e. The Kier molecular flexibility index (Phi) is 5.86. The zero-order chi connectivity index (χ0) is 18.7. The normalized spacial score (nSPS) is 11.3. The fourth-order valence-electron chi connectivity index (χ4n) is 2.64. The molecule has 0 saturated carbocycles. The van der Waals surface area contributed by atoms with Crippen molar-refractivity contribution in [3.05, 3.63) is 63.9 Å². The first kappa shape index (κ1) is 18.8. The minimum Gasteiger partial charge on any atom is -0.338 e. The summed E-state index contributed by atoms with van der Waals surface area (Å²) in [5.74, 6) is -0.418. The van der Waals surface area contributed by atoms with Crippen LogP contribution in [-0.2, 0) is 17.9 Å². The molecule has 1 aromatic heterocycles. The number of fused-ring (bicyclic) bond motifs is 1. The molecule has 3 rings (SSSR count). The van der Waals surface area contributed by atoms with E-state index in [2.05, 4.69) is 4.98 Å². The second-order valence-electron chi connectivity index (χ2n) is 6.20. The maximum Gasteiger partial charge on any atom is 0.236 e. The highest BCUT2D eigenvalue weighted by molar-refractivity contribution is 7.18. The molecule has 0 unspecified atom stereocenters. The van der Waals surface area contributed by atoms with Gasteiger partial charge in [-0.2, -0.15) is 0 Å². The van der Waals surface area contributed by atoms with Crippen LogP contribution < -0.4 is 0 Å². The maximum absolute atomic E-state index is 13.9. The summed E-state index contributed by atoms with van der Waals surface area (Å²) in [6.07, 6.45) is 0. The lowest BCUT2D eigenvalue weighted by molar-refractivity contribution is -0.131. The molecular weight excluding hydrogens is 373 g/mol. The molecule has 0 aliphatic rings. The van der Waals surface area contributed by atoms with Gasteiger partial charge in [0.2, 0.25) is 5.91 Å². The second-order valence-corrected chi connectivity index (χ2v) is 7.72. The first-order valence-electron chi connectivity index (χ1n) is 8.14. The average Bonchev–Trinajstić information content (AvgIpc) is 3.00. The molecule has 3 aromatic rings. The zero-order valence-corrected chi connectivity index (χ0v) is 16.1. The van der Waals surface area contributed by atoms with Crippen molar-refractivity contribution < 1.29 is 9.18 Å². The van der Waals surface area contributed by atoms with Gasteiger partial charge in [-0.25, -0.2) is 9.37 Å². The van der Waals surface area contributed by atoms with Crippen LogP contribution in [0.3, 0.4) is 0 Å². The monoisotopic (exact) mass is 391 g/mol. The minimum absolute atomic E-state index is 0.0563. The fraction of sp³-hybridized carbons (Fsp3) is 0.263. The van der Waals surface area contributed by atoms with Crippen molar-refractivity contribution in [3.8, 4) is 0 Å². The molecule has 2 aromatic carbocycles. The number of halogens is 2. The first-order valence-corrected chi connectivity index (χ1v) is 9.33. The van der Waals surface area contributed by atoms with Crippen LogP contribution in [0.2, 0.25) is 5.02 Å². The van der Waals surface area contributed by atoms with Gasteiger partial charge >= 0.3 is 0 Å². The number of benzene rings is 2. The van der Waals surface area contributed by atoms with E-state index in [1.165, 1.54) is 6.07 Å². The van der Waals surface area contributed by atoms with Gasteiger partial charge in [0.25, 0.3) is 0 Å². The van der Waals surface area contributed by atoms with Crippen molar-refractivity contribution in [2.24, 2.45) is 0 Å². The van der Waals surface area contributed by atoms with E-state index in [9.17, 15) is 9.18 Å². The van der Waals surface area contributed by atoms with Crippen LogP contribution in [-0.4, -0.2) is 41.3 Å². The summed E-state index contributed by atoms with van der Waals surface area (Å²) in [5.41, 5.74) is 1.35. The summed E-state index contributed by atoms with van der Waals surface area (Å²) in [4.78, 5) is 20.4. The highest BCUT2D eigenvalue weighted by Gasteiger charge is 2.16. The number of thiazole rings is 1. The number of rotatable bonds is 6. The standard InChI is InChI=1S/C19H19ClFN3OS/c1-23(10-13-14(20)6-5-7-15(13)21)12-19(25)24(2)11-18-22-16-8-3-4-9-17(16)26-18/h3-9H,10-12H2,1-2H3. The highest BCUT2D eigenvalue weighted by atomic mass is 35.5. The van der Waals surface area contributed by atoms with E-state index in [0.29, 0.717) is 17.1 Å². The molecule has 0 atom stereocenters. The van der Waals surface area contributed by atoms with Gasteiger partial charge in [0.05, 0.1) is 23.3 Å². The molecule has 1 heterocycles. The van der Waals surface area contributed by atoms with Crippen LogP contribution in [0.15, 0.2) is 42.5 Å². The summed E-state index contributed by atoms with van der Waals surface area (Å²) >= 11 is 7.63. The SMILES string of the molecule is CN(CC(=O)N(C)Cc1nc2ccccc2s1)Cc1c(F)cccc1Cl. The third kappa shape index (κ3) is 4.38. The van der Waals surface area contributed by atoms with E-state index in [0.717, 1.165) is 15.2 Å². The summed E-state index contributed by atoms with van der Waals surface area (Å²) in [5, 5.41) is 1.26. The number of amides is 1. The molecular formula is C19H19ClFN3OS. The number of para-hydroxylation sites is 1. The van der Waals surface area contributed by atoms with Crippen molar-refractivity contribution in [3.63, 3.8) is 0 Å². The topological polar surface area (TPSA) is 36.4 Å². The zero-order valence-electron chi connectivity index (χ0n) is 14.6. The van der Waals surface area contributed by atoms with Gasteiger partial charge in [0, 0.05) is 24.2 Å². The van der Waals surface area contributed by atoms with E-state index >= 15 is 0 Å². The molecule has 0 aliphatic heterocycles. The van der Waals surface area contributed by atoms with Crippen LogP contribution in [0.25, 0.3) is 10.2 Å². The molecule has 1 amide bonds. The molecule has 0 fully saturated rings. The average molecular weight is 392 g/mol. The van der Waals surface area contributed by atoms with E-state index in [4.69, 9.17) is 11.6 Å². The molecule has 0 bridgehead atoms. The molecule has 4 nitrogen and oxygen atoms in total. The fourth-order valence-corrected chi connectivity index (χ4v) is 3.88. The van der Waals surface area contributed by atoms with Gasteiger partial charge in [-0.1, -0.05) is 29.8 Å². The summed E-state index contributed by atoms with van der Waals surface area (Å²) in [6, 6.07) is 12.5. The molecule has 0 spiro atoms. The number of hydrogen-bond acceptors (Lipinski definition) is 4. The van der Waals surface area contributed by atoms with E-state index in [1.54, 1.807) is 47.4 Å². The molecule has 0 radical (unpaired) electrons. The summed E-state index contributed by atoms with van der Waals surface area (Å²) in [7, 11) is 3.52. The van der Waals surface area contributed by atoms with Crippen molar-refractivity contribution in [1.82, 2.24) is 14.8 Å². The molecule has 0 aliphatic carbocycles. The third-order valence-electron chi connectivity index (χ3n) is 4.03. The molecule has 0 N–H and O–H groups in total. The quantitative estimate of drug-likeness (QED) is 0.632. The number of aromatic nitrogens is 1. The Morgan fingerprint density at radius 3 is 2.65 bits per heavy atom. The smallest absolute Gasteiger partial charge is 0.236 e. The lowest BCUT2D eigenvalue weighted by Gasteiger charge is -2.21. The third-order valence-corrected chi connectivity index (χ3v) is 5.41. The van der Waals surface area contributed by atoms with E-state index in [-0.39, 0.29) is 24.8 Å². The summed E-state index contributed by atoms with van der Waals surface area (Å²) in [6.45, 7) is 0.894. The lowest BCUT2D eigenvalue weighted by atomic mass is 10.2. The van der Waals surface area contributed by atoms with Crippen molar-refractivity contribution in [2.75, 3.05) is 20.6 Å². The van der Waals surface area contributed by atoms with Gasteiger partial charge in [0.1, 0.15) is 10.8 Å². The van der Waals surface area contributed by atoms with Crippen molar-refractivity contribution in [1.29, 1.82) is 0 Å². The van der Waals surface area contributed by atoms with Gasteiger partial charge in [-0.05, 0) is 31.3 Å². The van der Waals surface area contributed by atoms with E-state index < -0.39 is 0 Å². The molecule has 7 heteroatoms. The number of likely N-dealkylation sites (N-methyl/N-ethyl adjacent to an activating group) is 2. The Labute approximate surface area is 160 Å². The van der Waals surface area contributed by atoms with Gasteiger partial charge < -0.3 is 4.90 Å². The van der Waals surface area contributed by atoms with Crippen molar-refractivity contribution in [2.45, 2.75) is 13.1 Å². The first-order chi connectivity index (χ1) is 12.4. The number of nitrogens with zero attached hydrogens (tertiary/aromatic N) is 3. The highest BCUT2D eigenvalue weighted by Crippen LogP contribution is 2.23. The van der Waals surface area contributed by atoms with Crippen LogP contribution in [0, 0.1) is 5.82 Å². The number of carbonyl (C=O) groups excluding carboxylic acids is 1. The Morgan fingerprint density at radius 1 is 1.15 bits per heavy atom. The van der Waals surface area contributed by atoms with Crippen LogP contribution in [0.5, 0.6) is 0 Å². The molecule has 0 saturated heterocycles. The predicted octanol–water partition coefficient (Wildman–Crippen LogP) is 4.18. The van der Waals surface area contributed by atoms with Gasteiger partial charge in [-0.15, -0.1) is 11.3 Å². The Hall–Kier alpha value is -2.02. The Bertz CT molecular complexity index is 877. The molecule has 136 valence electrons. The van der Waals surface area contributed by atoms with Crippen LogP contribution >= 0.6 is 22.9 Å². The van der Waals surface area contributed by atoms with Gasteiger partial charge in [-0.3, -0.25) is 9.69 Å². The number of hydrogen-bond donors (Lipinski definition) is 0. The number of carbonyl (C=O) groups is 1. The van der Waals surface area contributed by atoms with Gasteiger partial charge in [0.15, 0.2) is 0 Å². The Balaban J connectivity index is 1.59. The molecule has 26 heavy (non-hydrogen) atoms. The second kappa shape index (κ2) is 8.12. The van der Waals surface area contributed by atoms with Crippen LogP contribution in [0.4, 0.5) is 4.39 Å². The van der Waals surface area contributed by atoms with Crippen molar-refractivity contribution >= 4 is 39.1 Å². The van der Waals surface area contributed by atoms with E-state index in [1.807, 2.05) is 24.3 Å². The maximum atomic E-state index is 13.9. The minimum atomic E-state index is -0.361. The lowest BCUT2D eigenvalue weighted by Crippen LogP contribution is -2.36. The Morgan fingerprint density at radius 2 is 1.92 bits per heavy atom. The van der Waals surface area contributed by atoms with Crippen LogP contribution in [0.1, 0.15) is 10.6 Å².